The second-order valence-corrected chi connectivity index (χ2v) is 5.45. The number of esters is 1. The van der Waals surface area contributed by atoms with Crippen LogP contribution in [0.15, 0.2) is 18.2 Å². The van der Waals surface area contributed by atoms with Crippen LogP contribution in [0.5, 0.6) is 11.5 Å². The number of rotatable bonds is 11. The first kappa shape index (κ1) is 19.5. The molecule has 23 heavy (non-hydrogen) atoms. The summed E-state index contributed by atoms with van der Waals surface area (Å²) in [7, 11) is 1.64. The molecular formula is C18H30N2O3. The Morgan fingerprint density at radius 2 is 1.96 bits per heavy atom. The first-order chi connectivity index (χ1) is 11.1. The van der Waals surface area contributed by atoms with Gasteiger partial charge in [-0.3, -0.25) is 4.79 Å². The van der Waals surface area contributed by atoms with E-state index in [2.05, 4.69) is 24.1 Å². The van der Waals surface area contributed by atoms with Crippen LogP contribution in [0.4, 0.5) is 0 Å². The highest BCUT2D eigenvalue weighted by molar-refractivity contribution is 5.69. The maximum Gasteiger partial charge on any atom is 0.308 e. The van der Waals surface area contributed by atoms with Gasteiger partial charge in [0.25, 0.3) is 0 Å². The van der Waals surface area contributed by atoms with E-state index >= 15 is 0 Å². The van der Waals surface area contributed by atoms with Crippen molar-refractivity contribution in [2.45, 2.75) is 33.6 Å². The summed E-state index contributed by atoms with van der Waals surface area (Å²) in [6.07, 6.45) is 1.98. The molecule has 0 aliphatic heterocycles. The number of benzene rings is 1. The lowest BCUT2D eigenvalue weighted by atomic mass is 10.1. The molecule has 5 nitrogen and oxygen atoms in total. The minimum absolute atomic E-state index is 0.322. The van der Waals surface area contributed by atoms with Crippen molar-refractivity contribution in [1.29, 1.82) is 0 Å². The summed E-state index contributed by atoms with van der Waals surface area (Å²) in [5.41, 5.74) is 1.13. The number of nitrogens with zero attached hydrogens (tertiary/aromatic N) is 1. The highest BCUT2D eigenvalue weighted by Crippen LogP contribution is 2.25. The molecule has 1 aromatic rings. The average molecular weight is 322 g/mol. The van der Waals surface area contributed by atoms with E-state index in [1.165, 1.54) is 6.92 Å². The van der Waals surface area contributed by atoms with E-state index in [0.717, 1.165) is 56.9 Å². The van der Waals surface area contributed by atoms with E-state index in [1.807, 2.05) is 12.1 Å². The number of ether oxygens (including phenoxy) is 2. The summed E-state index contributed by atoms with van der Waals surface area (Å²) < 4.78 is 10.5. The minimum Gasteiger partial charge on any atom is -0.496 e. The highest BCUT2D eigenvalue weighted by atomic mass is 16.5. The molecule has 5 heteroatoms. The van der Waals surface area contributed by atoms with Gasteiger partial charge in [0, 0.05) is 26.1 Å². The number of hydrogen-bond acceptors (Lipinski definition) is 5. The van der Waals surface area contributed by atoms with Crippen molar-refractivity contribution in [3.8, 4) is 11.5 Å². The third-order valence-corrected chi connectivity index (χ3v) is 3.82. The van der Waals surface area contributed by atoms with Gasteiger partial charge in [0.1, 0.15) is 11.5 Å². The van der Waals surface area contributed by atoms with Crippen LogP contribution < -0.4 is 14.8 Å². The van der Waals surface area contributed by atoms with Gasteiger partial charge in [-0.1, -0.05) is 19.9 Å². The Bertz CT molecular complexity index is 473. The van der Waals surface area contributed by atoms with Gasteiger partial charge < -0.3 is 19.7 Å². The number of hydrogen-bond donors (Lipinski definition) is 1. The van der Waals surface area contributed by atoms with Gasteiger partial charge in [0.2, 0.25) is 0 Å². The van der Waals surface area contributed by atoms with Crippen LogP contribution in [0, 0.1) is 0 Å². The standard InChI is InChI=1S/C18H30N2O3/c1-5-20(6-2)13-12-19-11-7-8-16-9-10-17(23-15(3)21)14-18(16)22-4/h9-10,14,19H,5-8,11-13H2,1-4H3. The molecule has 1 rings (SSSR count). The van der Waals surface area contributed by atoms with Crippen molar-refractivity contribution in [3.63, 3.8) is 0 Å². The lowest BCUT2D eigenvalue weighted by Crippen LogP contribution is -2.32. The number of carbonyl (C=O) groups is 1. The number of aryl methyl sites for hydroxylation is 1. The first-order valence-electron chi connectivity index (χ1n) is 8.39. The quantitative estimate of drug-likeness (QED) is 0.385. The molecule has 0 fully saturated rings. The number of carbonyl (C=O) groups excluding carboxylic acids is 1. The molecule has 0 saturated heterocycles. The molecule has 0 aliphatic rings. The second-order valence-electron chi connectivity index (χ2n) is 5.45. The Balaban J connectivity index is 2.35. The van der Waals surface area contributed by atoms with Crippen LogP contribution in [0.2, 0.25) is 0 Å². The fraction of sp³-hybridized carbons (Fsp3) is 0.611. The van der Waals surface area contributed by atoms with Crippen LogP contribution in [-0.2, 0) is 11.2 Å². The predicted octanol–water partition coefficient (Wildman–Crippen LogP) is 2.48. The smallest absolute Gasteiger partial charge is 0.308 e. The fourth-order valence-corrected chi connectivity index (χ4v) is 2.47. The van der Waals surface area contributed by atoms with E-state index in [4.69, 9.17) is 9.47 Å². The lowest BCUT2D eigenvalue weighted by Gasteiger charge is -2.18. The van der Waals surface area contributed by atoms with Crippen LogP contribution in [0.1, 0.15) is 32.8 Å². The minimum atomic E-state index is -0.322. The lowest BCUT2D eigenvalue weighted by molar-refractivity contribution is -0.131. The van der Waals surface area contributed by atoms with E-state index in [-0.39, 0.29) is 5.97 Å². The molecule has 0 aliphatic carbocycles. The Kier molecular flexibility index (Phi) is 9.33. The van der Waals surface area contributed by atoms with Gasteiger partial charge in [-0.15, -0.1) is 0 Å². The third kappa shape index (κ3) is 7.48. The van der Waals surface area contributed by atoms with E-state index in [9.17, 15) is 4.79 Å². The monoisotopic (exact) mass is 322 g/mol. The van der Waals surface area contributed by atoms with Crippen molar-refractivity contribution in [2.24, 2.45) is 0 Å². The van der Waals surface area contributed by atoms with Crippen LogP contribution in [0.25, 0.3) is 0 Å². The molecule has 0 radical (unpaired) electrons. The Morgan fingerprint density at radius 1 is 1.22 bits per heavy atom. The molecule has 0 unspecified atom stereocenters. The molecule has 0 spiro atoms. The zero-order valence-corrected chi connectivity index (χ0v) is 14.9. The Labute approximate surface area is 140 Å². The van der Waals surface area contributed by atoms with Crippen molar-refractivity contribution < 1.29 is 14.3 Å². The predicted molar refractivity (Wildman–Crippen MR) is 93.3 cm³/mol. The molecule has 0 atom stereocenters. The zero-order valence-electron chi connectivity index (χ0n) is 14.9. The summed E-state index contributed by atoms with van der Waals surface area (Å²) in [6, 6.07) is 5.55. The summed E-state index contributed by atoms with van der Waals surface area (Å²) in [4.78, 5) is 13.4. The molecule has 0 saturated carbocycles. The van der Waals surface area contributed by atoms with Crippen molar-refractivity contribution >= 4 is 5.97 Å². The molecular weight excluding hydrogens is 292 g/mol. The molecule has 1 N–H and O–H groups in total. The van der Waals surface area contributed by atoms with Crippen molar-refractivity contribution in [1.82, 2.24) is 10.2 Å². The fourth-order valence-electron chi connectivity index (χ4n) is 2.47. The van der Waals surface area contributed by atoms with Crippen LogP contribution >= 0.6 is 0 Å². The summed E-state index contributed by atoms with van der Waals surface area (Å²) in [5.74, 6) is 0.972. The van der Waals surface area contributed by atoms with Gasteiger partial charge in [-0.05, 0) is 44.1 Å². The molecule has 0 bridgehead atoms. The third-order valence-electron chi connectivity index (χ3n) is 3.82. The SMILES string of the molecule is CCN(CC)CCNCCCc1ccc(OC(C)=O)cc1OC. The zero-order chi connectivity index (χ0) is 17.1. The van der Waals surface area contributed by atoms with Gasteiger partial charge in [0.05, 0.1) is 7.11 Å². The van der Waals surface area contributed by atoms with Gasteiger partial charge in [0.15, 0.2) is 0 Å². The van der Waals surface area contributed by atoms with Gasteiger partial charge >= 0.3 is 5.97 Å². The van der Waals surface area contributed by atoms with Gasteiger partial charge in [-0.25, -0.2) is 0 Å². The first-order valence-corrected chi connectivity index (χ1v) is 8.39. The second kappa shape index (κ2) is 11.0. The molecule has 0 aromatic heterocycles. The van der Waals surface area contributed by atoms with Crippen molar-refractivity contribution in [3.05, 3.63) is 23.8 Å². The summed E-state index contributed by atoms with van der Waals surface area (Å²) in [6.45, 7) is 11.1. The number of likely N-dealkylation sites (N-methyl/N-ethyl adjacent to an activating group) is 1. The Hall–Kier alpha value is -1.59. The van der Waals surface area contributed by atoms with E-state index < -0.39 is 0 Å². The molecule has 0 amide bonds. The normalized spacial score (nSPS) is 10.8. The average Bonchev–Trinajstić information content (AvgIpc) is 2.54. The number of nitrogens with one attached hydrogen (secondary N) is 1. The van der Waals surface area contributed by atoms with Crippen LogP contribution in [-0.4, -0.2) is 50.7 Å². The number of methoxy groups -OCH3 is 1. The molecule has 0 heterocycles. The maximum absolute atomic E-state index is 11.0. The van der Waals surface area contributed by atoms with Crippen LogP contribution in [0.3, 0.4) is 0 Å². The topological polar surface area (TPSA) is 50.8 Å². The summed E-state index contributed by atoms with van der Waals surface area (Å²) in [5, 5.41) is 3.48. The van der Waals surface area contributed by atoms with Gasteiger partial charge in [-0.2, -0.15) is 0 Å². The molecule has 130 valence electrons. The largest absolute Gasteiger partial charge is 0.496 e. The van der Waals surface area contributed by atoms with E-state index in [1.54, 1.807) is 13.2 Å². The summed E-state index contributed by atoms with van der Waals surface area (Å²) >= 11 is 0. The highest BCUT2D eigenvalue weighted by Gasteiger charge is 2.07. The molecule has 1 aromatic carbocycles. The maximum atomic E-state index is 11.0. The van der Waals surface area contributed by atoms with E-state index in [0.29, 0.717) is 5.75 Å². The van der Waals surface area contributed by atoms with Crippen molar-refractivity contribution in [2.75, 3.05) is 39.8 Å². The Morgan fingerprint density at radius 3 is 2.57 bits per heavy atom.